The molecular formula is C25H18N2O5. The van der Waals surface area contributed by atoms with Gasteiger partial charge in [0.15, 0.2) is 11.5 Å². The fraction of sp³-hybridized carbons (Fsp3) is 0.0800. The number of Topliss-reactive ketones (excluding diaryl/α,β-unsaturated/α-hetero) is 1. The minimum absolute atomic E-state index is 0.00440. The van der Waals surface area contributed by atoms with E-state index in [4.69, 9.17) is 4.42 Å². The number of carbonyl (C=O) groups excluding carboxylic acids is 2. The molecule has 2 aromatic heterocycles. The van der Waals surface area contributed by atoms with Gasteiger partial charge in [-0.1, -0.05) is 30.3 Å². The lowest BCUT2D eigenvalue weighted by Crippen LogP contribution is -2.31. The summed E-state index contributed by atoms with van der Waals surface area (Å²) in [5.41, 5.74) is 1.87. The second kappa shape index (κ2) is 7.39. The van der Waals surface area contributed by atoms with E-state index in [0.717, 1.165) is 10.9 Å². The summed E-state index contributed by atoms with van der Waals surface area (Å²) < 4.78 is 5.70. The Kier molecular flexibility index (Phi) is 4.52. The summed E-state index contributed by atoms with van der Waals surface area (Å²) in [6, 6.07) is 15.9. The Morgan fingerprint density at radius 3 is 2.62 bits per heavy atom. The fourth-order valence-electron chi connectivity index (χ4n) is 3.99. The number of anilines is 1. The van der Waals surface area contributed by atoms with Gasteiger partial charge in [-0.05, 0) is 48.4 Å². The Morgan fingerprint density at radius 2 is 1.88 bits per heavy atom. The Bertz CT molecular complexity index is 1370. The van der Waals surface area contributed by atoms with E-state index in [0.29, 0.717) is 11.1 Å². The molecule has 0 fully saturated rings. The van der Waals surface area contributed by atoms with E-state index in [9.17, 15) is 19.8 Å². The molecule has 1 aliphatic heterocycles. The highest BCUT2D eigenvalue weighted by Gasteiger charge is 2.46. The fourth-order valence-corrected chi connectivity index (χ4v) is 3.99. The highest BCUT2D eigenvalue weighted by atomic mass is 16.3. The number of aromatic hydroxyl groups is 1. The molecule has 0 saturated carbocycles. The lowest BCUT2D eigenvalue weighted by atomic mass is 9.95. The number of ketones is 1. The van der Waals surface area contributed by atoms with Gasteiger partial charge in [0.25, 0.3) is 5.91 Å². The minimum Gasteiger partial charge on any atom is -0.506 e. The number of phenols is 1. The van der Waals surface area contributed by atoms with Crippen LogP contribution in [0.3, 0.4) is 0 Å². The second-order valence-corrected chi connectivity index (χ2v) is 7.60. The van der Waals surface area contributed by atoms with Gasteiger partial charge in [0.1, 0.15) is 11.3 Å². The van der Waals surface area contributed by atoms with Crippen LogP contribution in [0.15, 0.2) is 88.8 Å². The molecule has 0 saturated heterocycles. The highest BCUT2D eigenvalue weighted by Crippen LogP contribution is 2.44. The van der Waals surface area contributed by atoms with Gasteiger partial charge < -0.3 is 14.6 Å². The number of rotatable bonds is 4. The van der Waals surface area contributed by atoms with Crippen molar-refractivity contribution >= 4 is 28.3 Å². The Labute approximate surface area is 182 Å². The first-order valence-corrected chi connectivity index (χ1v) is 9.95. The van der Waals surface area contributed by atoms with Crippen molar-refractivity contribution in [3.63, 3.8) is 0 Å². The number of hydrogen-bond donors (Lipinski definition) is 2. The molecule has 5 rings (SSSR count). The molecule has 32 heavy (non-hydrogen) atoms. The zero-order valence-corrected chi connectivity index (χ0v) is 17.0. The predicted octanol–water partition coefficient (Wildman–Crippen LogP) is 4.62. The summed E-state index contributed by atoms with van der Waals surface area (Å²) in [5, 5.41) is 22.0. The number of amides is 1. The molecule has 4 aromatic rings. The molecular weight excluding hydrogens is 408 g/mol. The Morgan fingerprint density at radius 1 is 1.06 bits per heavy atom. The number of para-hydroxylation sites is 1. The standard InChI is InChI=1S/C25H18N2O5/c1-14-8-9-18(28)17(11-14)27-22(16-6-4-10-26-13-16)21(24(30)25(27)31)23(29)20-12-15-5-2-3-7-19(15)32-20/h2-13,22,28,30H,1H3. The molecule has 2 N–H and O–H groups in total. The number of furan rings is 1. The molecule has 1 unspecified atom stereocenters. The monoisotopic (exact) mass is 426 g/mol. The number of benzene rings is 2. The third kappa shape index (κ3) is 3.02. The molecule has 1 amide bonds. The van der Waals surface area contributed by atoms with Crippen molar-refractivity contribution in [2.45, 2.75) is 13.0 Å². The number of fused-ring (bicyclic) bond motifs is 1. The van der Waals surface area contributed by atoms with Crippen molar-refractivity contribution in [2.75, 3.05) is 4.90 Å². The average Bonchev–Trinajstić information content (AvgIpc) is 3.35. The van der Waals surface area contributed by atoms with Gasteiger partial charge in [0.2, 0.25) is 5.78 Å². The lowest BCUT2D eigenvalue weighted by molar-refractivity contribution is -0.117. The molecule has 0 spiro atoms. The molecule has 0 bridgehead atoms. The molecule has 158 valence electrons. The van der Waals surface area contributed by atoms with Gasteiger partial charge in [-0.2, -0.15) is 0 Å². The largest absolute Gasteiger partial charge is 0.506 e. The molecule has 3 heterocycles. The maximum atomic E-state index is 13.5. The van der Waals surface area contributed by atoms with E-state index in [2.05, 4.69) is 4.98 Å². The molecule has 1 aliphatic rings. The van der Waals surface area contributed by atoms with Crippen LogP contribution in [0, 0.1) is 6.92 Å². The third-order valence-corrected chi connectivity index (χ3v) is 5.49. The number of pyridine rings is 1. The van der Waals surface area contributed by atoms with Crippen molar-refractivity contribution in [1.82, 2.24) is 4.98 Å². The van der Waals surface area contributed by atoms with Crippen LogP contribution in [0.5, 0.6) is 5.75 Å². The van der Waals surface area contributed by atoms with Crippen molar-refractivity contribution in [2.24, 2.45) is 0 Å². The normalized spacial score (nSPS) is 16.2. The maximum absolute atomic E-state index is 13.5. The van der Waals surface area contributed by atoms with Gasteiger partial charge in [-0.25, -0.2) is 0 Å². The summed E-state index contributed by atoms with van der Waals surface area (Å²) in [6.45, 7) is 1.82. The number of aliphatic hydroxyl groups is 1. The predicted molar refractivity (Wildman–Crippen MR) is 118 cm³/mol. The molecule has 2 aromatic carbocycles. The second-order valence-electron chi connectivity index (χ2n) is 7.60. The van der Waals surface area contributed by atoms with Crippen molar-refractivity contribution in [1.29, 1.82) is 0 Å². The SMILES string of the molecule is Cc1ccc(O)c(N2C(=O)C(O)=C(C(=O)c3cc4ccccc4o3)C2c2cccnc2)c1. The van der Waals surface area contributed by atoms with Crippen LogP contribution in [0.4, 0.5) is 5.69 Å². The van der Waals surface area contributed by atoms with Crippen LogP contribution >= 0.6 is 0 Å². The molecule has 0 radical (unpaired) electrons. The van der Waals surface area contributed by atoms with E-state index in [1.54, 1.807) is 54.7 Å². The molecule has 0 aliphatic carbocycles. The number of phenolic OH excluding ortho intramolecular Hbond substituents is 1. The van der Waals surface area contributed by atoms with E-state index in [1.165, 1.54) is 17.2 Å². The number of carbonyl (C=O) groups is 2. The summed E-state index contributed by atoms with van der Waals surface area (Å²) in [5.74, 6) is -2.24. The summed E-state index contributed by atoms with van der Waals surface area (Å²) in [4.78, 5) is 32.0. The molecule has 7 heteroatoms. The average molecular weight is 426 g/mol. The first-order chi connectivity index (χ1) is 15.5. The first kappa shape index (κ1) is 19.6. The van der Waals surface area contributed by atoms with Gasteiger partial charge in [0, 0.05) is 17.8 Å². The van der Waals surface area contributed by atoms with E-state index < -0.39 is 23.5 Å². The molecule has 7 nitrogen and oxygen atoms in total. The van der Waals surface area contributed by atoms with Gasteiger partial charge >= 0.3 is 0 Å². The highest BCUT2D eigenvalue weighted by molar-refractivity contribution is 6.21. The smallest absolute Gasteiger partial charge is 0.294 e. The summed E-state index contributed by atoms with van der Waals surface area (Å²) in [6.07, 6.45) is 3.08. The maximum Gasteiger partial charge on any atom is 0.294 e. The van der Waals surface area contributed by atoms with Crippen molar-refractivity contribution in [3.8, 4) is 5.75 Å². The number of aryl methyl sites for hydroxylation is 1. The van der Waals surface area contributed by atoms with E-state index in [1.807, 2.05) is 13.0 Å². The van der Waals surface area contributed by atoms with Crippen molar-refractivity contribution < 1.29 is 24.2 Å². The minimum atomic E-state index is -0.996. The molecule has 1 atom stereocenters. The number of aromatic nitrogens is 1. The lowest BCUT2D eigenvalue weighted by Gasteiger charge is -2.27. The topological polar surface area (TPSA) is 104 Å². The zero-order chi connectivity index (χ0) is 22.4. The quantitative estimate of drug-likeness (QED) is 0.461. The van der Waals surface area contributed by atoms with Crippen LogP contribution in [0.2, 0.25) is 0 Å². The van der Waals surface area contributed by atoms with Gasteiger partial charge in [-0.3, -0.25) is 19.5 Å². The van der Waals surface area contributed by atoms with Gasteiger partial charge in [-0.15, -0.1) is 0 Å². The summed E-state index contributed by atoms with van der Waals surface area (Å²) in [7, 11) is 0. The number of aliphatic hydroxyl groups excluding tert-OH is 1. The van der Waals surface area contributed by atoms with Crippen LogP contribution in [0.25, 0.3) is 11.0 Å². The van der Waals surface area contributed by atoms with Crippen LogP contribution in [0.1, 0.15) is 27.7 Å². The zero-order valence-electron chi connectivity index (χ0n) is 17.0. The third-order valence-electron chi connectivity index (χ3n) is 5.49. The summed E-state index contributed by atoms with van der Waals surface area (Å²) >= 11 is 0. The van der Waals surface area contributed by atoms with Gasteiger partial charge in [0.05, 0.1) is 17.3 Å². The Balaban J connectivity index is 1.69. The first-order valence-electron chi connectivity index (χ1n) is 9.95. The Hall–Kier alpha value is -4.39. The number of hydrogen-bond acceptors (Lipinski definition) is 6. The number of nitrogens with zero attached hydrogens (tertiary/aromatic N) is 2. The van der Waals surface area contributed by atoms with E-state index in [-0.39, 0.29) is 22.8 Å². The van der Waals surface area contributed by atoms with Crippen LogP contribution in [-0.2, 0) is 4.79 Å². The van der Waals surface area contributed by atoms with Crippen molar-refractivity contribution in [3.05, 3.63) is 101 Å². The van der Waals surface area contributed by atoms with E-state index >= 15 is 0 Å². The van der Waals surface area contributed by atoms with Crippen LogP contribution < -0.4 is 4.90 Å². The van der Waals surface area contributed by atoms with Crippen LogP contribution in [-0.4, -0.2) is 26.9 Å².